The summed E-state index contributed by atoms with van der Waals surface area (Å²) in [5, 5.41) is 15.5. The summed E-state index contributed by atoms with van der Waals surface area (Å²) in [7, 11) is 0. The van der Waals surface area contributed by atoms with Crippen molar-refractivity contribution in [3.8, 4) is 0 Å². The summed E-state index contributed by atoms with van der Waals surface area (Å²) < 4.78 is 81.7. The summed E-state index contributed by atoms with van der Waals surface area (Å²) in [5.74, 6) is -4.44. The number of hydrogen-bond acceptors (Lipinski definition) is 6. The highest BCUT2D eigenvalue weighted by Crippen LogP contribution is 2.55. The fourth-order valence-electron chi connectivity index (χ4n) is 5.29. The van der Waals surface area contributed by atoms with Gasteiger partial charge in [-0.25, -0.2) is 0 Å². The molecule has 3 N–H and O–H groups in total. The maximum Gasteiger partial charge on any atom is 0.522 e. The zero-order valence-electron chi connectivity index (χ0n) is 21.0. The molecular weight excluding hydrogens is 552 g/mol. The van der Waals surface area contributed by atoms with E-state index in [1.807, 2.05) is 0 Å². The van der Waals surface area contributed by atoms with Gasteiger partial charge in [0.15, 0.2) is 11.9 Å². The van der Waals surface area contributed by atoms with Crippen LogP contribution in [0.5, 0.6) is 0 Å². The van der Waals surface area contributed by atoms with Gasteiger partial charge in [-0.1, -0.05) is 18.2 Å². The smallest absolute Gasteiger partial charge is 0.378 e. The number of rotatable bonds is 9. The van der Waals surface area contributed by atoms with Crippen molar-refractivity contribution >= 4 is 23.5 Å². The molecule has 0 radical (unpaired) electrons. The Morgan fingerprint density at radius 3 is 2.40 bits per heavy atom. The van der Waals surface area contributed by atoms with Crippen LogP contribution in [0.2, 0.25) is 0 Å². The fraction of sp³-hybridized carbons (Fsp3) is 0.600. The Labute approximate surface area is 224 Å². The average molecular weight is 579 g/mol. The number of likely N-dealkylation sites (tertiary alicyclic amines) is 1. The number of alkyl halides is 6. The van der Waals surface area contributed by atoms with E-state index in [-0.39, 0.29) is 32.4 Å². The number of aliphatic hydroxyl groups is 1. The van der Waals surface area contributed by atoms with Crippen LogP contribution in [0.15, 0.2) is 24.3 Å². The molecule has 0 aromatic heterocycles. The maximum absolute atomic E-state index is 13.5. The largest absolute Gasteiger partial charge is 0.522 e. The second-order valence-corrected chi connectivity index (χ2v) is 10.4. The first-order valence-corrected chi connectivity index (χ1v) is 12.6. The SMILES string of the molecule is O=C1NCCC1CC(NC(=O)[C@@H]1CC2(CC2)CN1C(=O)C(O)c1ccccc1C(F)(F)F)C(=O)COC(F)(F)F. The van der Waals surface area contributed by atoms with E-state index in [1.54, 1.807) is 0 Å². The van der Waals surface area contributed by atoms with Gasteiger partial charge in [-0.05, 0) is 43.6 Å². The summed E-state index contributed by atoms with van der Waals surface area (Å²) in [6, 6.07) is 1.10. The van der Waals surface area contributed by atoms with E-state index in [1.165, 1.54) is 6.07 Å². The first-order valence-electron chi connectivity index (χ1n) is 12.6. The summed E-state index contributed by atoms with van der Waals surface area (Å²) in [5.41, 5.74) is -2.41. The molecule has 2 aliphatic heterocycles. The van der Waals surface area contributed by atoms with Crippen molar-refractivity contribution < 1.29 is 55.4 Å². The maximum atomic E-state index is 13.5. The summed E-state index contributed by atoms with van der Waals surface area (Å²) in [6.07, 6.45) is -11.0. The van der Waals surface area contributed by atoms with Gasteiger partial charge in [0.2, 0.25) is 11.8 Å². The van der Waals surface area contributed by atoms with Gasteiger partial charge in [-0.15, -0.1) is 13.2 Å². The number of carbonyl (C=O) groups excluding carboxylic acids is 4. The zero-order valence-corrected chi connectivity index (χ0v) is 21.0. The van der Waals surface area contributed by atoms with Gasteiger partial charge >= 0.3 is 12.5 Å². The molecule has 3 unspecified atom stereocenters. The second kappa shape index (κ2) is 11.0. The third-order valence-electron chi connectivity index (χ3n) is 7.61. The quantitative estimate of drug-likeness (QED) is 0.386. The molecule has 220 valence electrons. The molecule has 9 nitrogen and oxygen atoms in total. The van der Waals surface area contributed by atoms with Gasteiger partial charge in [0.05, 0.1) is 11.6 Å². The predicted molar refractivity (Wildman–Crippen MR) is 123 cm³/mol. The molecule has 40 heavy (non-hydrogen) atoms. The number of hydrogen-bond donors (Lipinski definition) is 3. The Morgan fingerprint density at radius 1 is 1.15 bits per heavy atom. The molecule has 3 aliphatic rings. The highest BCUT2D eigenvalue weighted by atomic mass is 19.4. The number of carbonyl (C=O) groups is 4. The van der Waals surface area contributed by atoms with E-state index in [0.29, 0.717) is 18.9 Å². The van der Waals surface area contributed by atoms with E-state index in [2.05, 4.69) is 15.4 Å². The molecule has 3 fully saturated rings. The lowest BCUT2D eigenvalue weighted by Gasteiger charge is -2.29. The minimum absolute atomic E-state index is 0.0318. The molecule has 2 heterocycles. The minimum atomic E-state index is -5.12. The number of halogens is 6. The Morgan fingerprint density at radius 2 is 1.82 bits per heavy atom. The van der Waals surface area contributed by atoms with Crippen LogP contribution in [0.25, 0.3) is 0 Å². The molecule has 1 aliphatic carbocycles. The van der Waals surface area contributed by atoms with Crippen LogP contribution in [0.1, 0.15) is 49.3 Å². The first kappa shape index (κ1) is 29.8. The molecule has 1 saturated carbocycles. The van der Waals surface area contributed by atoms with Crippen LogP contribution in [0.4, 0.5) is 26.3 Å². The third kappa shape index (κ3) is 6.74. The van der Waals surface area contributed by atoms with Crippen molar-refractivity contribution in [3.63, 3.8) is 0 Å². The van der Waals surface area contributed by atoms with E-state index >= 15 is 0 Å². The Hall–Kier alpha value is -3.20. The fourth-order valence-corrected chi connectivity index (χ4v) is 5.29. The zero-order chi connectivity index (χ0) is 29.5. The number of Topliss-reactive ketones (excluding diaryl/α,β-unsaturated/α-hetero) is 1. The summed E-state index contributed by atoms with van der Waals surface area (Å²) in [4.78, 5) is 52.2. The lowest BCUT2D eigenvalue weighted by atomic mass is 9.95. The molecule has 0 bridgehead atoms. The van der Waals surface area contributed by atoms with Crippen LogP contribution < -0.4 is 10.6 Å². The number of ketones is 1. The Balaban J connectivity index is 1.54. The van der Waals surface area contributed by atoms with Crippen molar-refractivity contribution in [2.24, 2.45) is 11.3 Å². The van der Waals surface area contributed by atoms with Gasteiger partial charge in [-0.3, -0.25) is 23.9 Å². The first-order chi connectivity index (χ1) is 18.6. The number of nitrogens with zero attached hydrogens (tertiary/aromatic N) is 1. The third-order valence-corrected chi connectivity index (χ3v) is 7.61. The van der Waals surface area contributed by atoms with Gasteiger partial charge in [-0.2, -0.15) is 13.2 Å². The van der Waals surface area contributed by atoms with Crippen molar-refractivity contribution in [3.05, 3.63) is 35.4 Å². The van der Waals surface area contributed by atoms with Crippen molar-refractivity contribution in [2.45, 2.75) is 62.8 Å². The molecule has 2 saturated heterocycles. The monoisotopic (exact) mass is 579 g/mol. The van der Waals surface area contributed by atoms with Crippen LogP contribution >= 0.6 is 0 Å². The van der Waals surface area contributed by atoms with Crippen molar-refractivity contribution in [2.75, 3.05) is 19.7 Å². The molecule has 1 spiro atoms. The summed E-state index contributed by atoms with van der Waals surface area (Å²) in [6.45, 7) is -1.18. The molecule has 1 aromatic rings. The van der Waals surface area contributed by atoms with Gasteiger partial charge in [0, 0.05) is 24.6 Å². The van der Waals surface area contributed by atoms with E-state index in [0.717, 1.165) is 17.0 Å². The molecule has 4 rings (SSSR count). The highest BCUT2D eigenvalue weighted by Gasteiger charge is 2.56. The molecule has 3 amide bonds. The van der Waals surface area contributed by atoms with Crippen LogP contribution in [-0.2, 0) is 30.1 Å². The van der Waals surface area contributed by atoms with Crippen molar-refractivity contribution in [1.82, 2.24) is 15.5 Å². The Kier molecular flexibility index (Phi) is 8.18. The molecule has 15 heteroatoms. The predicted octanol–water partition coefficient (Wildman–Crippen LogP) is 2.24. The molecule has 1 aromatic carbocycles. The van der Waals surface area contributed by atoms with E-state index in [9.17, 15) is 50.6 Å². The average Bonchev–Trinajstić information content (AvgIpc) is 3.34. The Bertz CT molecular complexity index is 1170. The van der Waals surface area contributed by atoms with Gasteiger partial charge < -0.3 is 20.6 Å². The lowest BCUT2D eigenvalue weighted by molar-refractivity contribution is -0.321. The minimum Gasteiger partial charge on any atom is -0.378 e. The number of benzene rings is 1. The number of ether oxygens (including phenoxy) is 1. The second-order valence-electron chi connectivity index (χ2n) is 10.4. The lowest BCUT2D eigenvalue weighted by Crippen LogP contribution is -2.53. The van der Waals surface area contributed by atoms with E-state index in [4.69, 9.17) is 0 Å². The molecular formula is C25H27F6N3O6. The highest BCUT2D eigenvalue weighted by molar-refractivity contribution is 5.95. The van der Waals surface area contributed by atoms with Crippen LogP contribution in [0.3, 0.4) is 0 Å². The standard InChI is InChI=1S/C25H27F6N3O6/c26-24(27,28)15-4-2-1-3-14(15)19(36)22(39)34-12-23(6-7-23)10-17(34)21(38)33-16(9-13-5-8-32-20(13)37)18(35)11-40-25(29,30)31/h1-4,13,16-17,19,36H,5-12H2,(H,32,37)(H,33,38)/t13?,16?,17-,19?/m0/s1. The van der Waals surface area contributed by atoms with Gasteiger partial charge in [0.1, 0.15) is 12.6 Å². The van der Waals surface area contributed by atoms with E-state index < -0.39 is 83.3 Å². The summed E-state index contributed by atoms with van der Waals surface area (Å²) >= 11 is 0. The molecule has 4 atom stereocenters. The van der Waals surface area contributed by atoms with Crippen LogP contribution in [0, 0.1) is 11.3 Å². The number of nitrogens with one attached hydrogen (secondary N) is 2. The van der Waals surface area contributed by atoms with Crippen LogP contribution in [-0.4, -0.2) is 71.7 Å². The normalized spacial score (nSPS) is 23.6. The van der Waals surface area contributed by atoms with Crippen molar-refractivity contribution in [1.29, 1.82) is 0 Å². The van der Waals surface area contributed by atoms with Gasteiger partial charge in [0.25, 0.3) is 5.91 Å². The topological polar surface area (TPSA) is 125 Å². The number of aliphatic hydroxyl groups excluding tert-OH is 1. The number of amides is 3.